The molecule has 0 saturated heterocycles. The first-order valence-electron chi connectivity index (χ1n) is 8.53. The van der Waals surface area contributed by atoms with Crippen molar-refractivity contribution >= 4 is 22.9 Å². The molecule has 0 aliphatic heterocycles. The number of benzene rings is 1. The van der Waals surface area contributed by atoms with Gasteiger partial charge in [-0.25, -0.2) is 9.78 Å². The Bertz CT molecular complexity index is 1270. The van der Waals surface area contributed by atoms with Gasteiger partial charge in [-0.3, -0.25) is 13.9 Å². The third-order valence-corrected chi connectivity index (χ3v) is 5.59. The van der Waals surface area contributed by atoms with Gasteiger partial charge in [0.25, 0.3) is 5.56 Å². The number of tetrazole rings is 1. The van der Waals surface area contributed by atoms with Gasteiger partial charge in [0.05, 0.1) is 12.3 Å². The van der Waals surface area contributed by atoms with Gasteiger partial charge in [0.15, 0.2) is 22.1 Å². The highest BCUT2D eigenvalue weighted by atomic mass is 32.2. The SMILES string of the molecule is Cc1ccccc1Cn1c(SCc2nn[nH]n2)nc2c1c(=O)n(C)c(=O)n2C. The molecule has 0 atom stereocenters. The van der Waals surface area contributed by atoms with Crippen molar-refractivity contribution in [1.29, 1.82) is 0 Å². The smallest absolute Gasteiger partial charge is 0.309 e. The average Bonchev–Trinajstić information content (AvgIpc) is 3.33. The summed E-state index contributed by atoms with van der Waals surface area (Å²) in [7, 11) is 3.09. The van der Waals surface area contributed by atoms with E-state index in [2.05, 4.69) is 25.6 Å². The molecule has 144 valence electrons. The molecule has 3 heterocycles. The molecule has 0 radical (unpaired) electrons. The molecule has 0 unspecified atom stereocenters. The Balaban J connectivity index is 1.90. The summed E-state index contributed by atoms with van der Waals surface area (Å²) in [6, 6.07) is 7.97. The van der Waals surface area contributed by atoms with Crippen molar-refractivity contribution in [3.05, 3.63) is 62.1 Å². The van der Waals surface area contributed by atoms with Crippen molar-refractivity contribution in [3.8, 4) is 0 Å². The van der Waals surface area contributed by atoms with Crippen LogP contribution in [0.2, 0.25) is 0 Å². The number of H-pyrrole nitrogens is 1. The average molecular weight is 398 g/mol. The van der Waals surface area contributed by atoms with E-state index in [1.165, 1.54) is 23.4 Å². The van der Waals surface area contributed by atoms with Gasteiger partial charge in [-0.2, -0.15) is 5.21 Å². The molecule has 0 aliphatic rings. The lowest BCUT2D eigenvalue weighted by atomic mass is 10.1. The highest BCUT2D eigenvalue weighted by Crippen LogP contribution is 2.25. The Morgan fingerprint density at radius 2 is 1.93 bits per heavy atom. The van der Waals surface area contributed by atoms with Gasteiger partial charge in [-0.05, 0) is 18.1 Å². The highest BCUT2D eigenvalue weighted by Gasteiger charge is 2.20. The van der Waals surface area contributed by atoms with Crippen LogP contribution >= 0.6 is 11.8 Å². The molecular weight excluding hydrogens is 380 g/mol. The van der Waals surface area contributed by atoms with E-state index in [4.69, 9.17) is 0 Å². The van der Waals surface area contributed by atoms with Gasteiger partial charge in [0.2, 0.25) is 0 Å². The zero-order valence-corrected chi connectivity index (χ0v) is 16.4. The first-order valence-corrected chi connectivity index (χ1v) is 9.52. The normalized spacial score (nSPS) is 11.4. The Labute approximate surface area is 163 Å². The second-order valence-corrected chi connectivity index (χ2v) is 7.34. The van der Waals surface area contributed by atoms with E-state index in [-0.39, 0.29) is 5.56 Å². The van der Waals surface area contributed by atoms with Gasteiger partial charge < -0.3 is 4.57 Å². The predicted molar refractivity (Wildman–Crippen MR) is 104 cm³/mol. The first-order chi connectivity index (χ1) is 13.5. The Hall–Kier alpha value is -3.21. The fourth-order valence-electron chi connectivity index (χ4n) is 3.01. The third kappa shape index (κ3) is 3.03. The van der Waals surface area contributed by atoms with Gasteiger partial charge in [0.1, 0.15) is 0 Å². The molecule has 28 heavy (non-hydrogen) atoms. The van der Waals surface area contributed by atoms with E-state index >= 15 is 0 Å². The fraction of sp³-hybridized carbons (Fsp3) is 0.294. The van der Waals surface area contributed by atoms with Crippen molar-refractivity contribution in [2.75, 3.05) is 0 Å². The number of thioether (sulfide) groups is 1. The van der Waals surface area contributed by atoms with Crippen molar-refractivity contribution in [2.24, 2.45) is 14.1 Å². The number of aromatic nitrogens is 8. The molecule has 3 aromatic heterocycles. The van der Waals surface area contributed by atoms with E-state index in [0.29, 0.717) is 34.4 Å². The molecule has 0 fully saturated rings. The Morgan fingerprint density at radius 3 is 2.64 bits per heavy atom. The number of aromatic amines is 1. The number of fused-ring (bicyclic) bond motifs is 1. The summed E-state index contributed by atoms with van der Waals surface area (Å²) in [5, 5.41) is 14.5. The van der Waals surface area contributed by atoms with Crippen LogP contribution in [0, 0.1) is 6.92 Å². The molecule has 4 aromatic rings. The molecule has 10 nitrogen and oxygen atoms in total. The van der Waals surface area contributed by atoms with Crippen LogP contribution in [-0.2, 0) is 26.4 Å². The molecule has 0 spiro atoms. The van der Waals surface area contributed by atoms with Crippen LogP contribution < -0.4 is 11.2 Å². The van der Waals surface area contributed by atoms with E-state index < -0.39 is 5.69 Å². The van der Waals surface area contributed by atoms with Crippen LogP contribution in [0.25, 0.3) is 11.2 Å². The van der Waals surface area contributed by atoms with Crippen molar-refractivity contribution in [2.45, 2.75) is 24.4 Å². The predicted octanol–water partition coefficient (Wildman–Crippen LogP) is 0.596. The number of imidazole rings is 1. The summed E-state index contributed by atoms with van der Waals surface area (Å²) in [5.41, 5.74) is 2.15. The number of nitrogens with zero attached hydrogens (tertiary/aromatic N) is 7. The minimum atomic E-state index is -0.409. The van der Waals surface area contributed by atoms with Crippen LogP contribution in [0.15, 0.2) is 39.0 Å². The van der Waals surface area contributed by atoms with E-state index in [1.54, 1.807) is 7.05 Å². The van der Waals surface area contributed by atoms with E-state index in [1.807, 2.05) is 35.8 Å². The van der Waals surface area contributed by atoms with E-state index in [9.17, 15) is 9.59 Å². The minimum absolute atomic E-state index is 0.359. The summed E-state index contributed by atoms with van der Waals surface area (Å²) in [4.78, 5) is 29.8. The monoisotopic (exact) mass is 398 g/mol. The number of aryl methyl sites for hydroxylation is 2. The second kappa shape index (κ2) is 7.08. The van der Waals surface area contributed by atoms with E-state index in [0.717, 1.165) is 15.7 Å². The third-order valence-electron chi connectivity index (χ3n) is 4.62. The maximum Gasteiger partial charge on any atom is 0.332 e. The Morgan fingerprint density at radius 1 is 1.14 bits per heavy atom. The zero-order chi connectivity index (χ0) is 19.8. The number of hydrogen-bond acceptors (Lipinski definition) is 7. The minimum Gasteiger partial charge on any atom is -0.309 e. The number of rotatable bonds is 5. The molecule has 0 bridgehead atoms. The lowest BCUT2D eigenvalue weighted by Gasteiger charge is -2.11. The highest BCUT2D eigenvalue weighted by molar-refractivity contribution is 7.98. The maximum atomic E-state index is 12.9. The van der Waals surface area contributed by atoms with Crippen LogP contribution in [-0.4, -0.2) is 39.3 Å². The van der Waals surface area contributed by atoms with Gasteiger partial charge in [-0.15, -0.1) is 10.2 Å². The molecule has 0 aliphatic carbocycles. The molecule has 0 amide bonds. The standard InChI is InChI=1S/C17H18N8O2S/c1-10-6-4-5-7-11(10)8-25-13-14(23(2)17(27)24(3)15(13)26)18-16(25)28-9-12-19-21-22-20-12/h4-7H,8-9H2,1-3H3,(H,19,20,21,22). The van der Waals surface area contributed by atoms with Crippen molar-refractivity contribution < 1.29 is 0 Å². The molecule has 1 aromatic carbocycles. The molecule has 4 rings (SSSR count). The van der Waals surface area contributed by atoms with Gasteiger partial charge in [-0.1, -0.05) is 41.2 Å². The van der Waals surface area contributed by atoms with Crippen molar-refractivity contribution in [3.63, 3.8) is 0 Å². The topological polar surface area (TPSA) is 116 Å². The van der Waals surface area contributed by atoms with Gasteiger partial charge >= 0.3 is 5.69 Å². The Kier molecular flexibility index (Phi) is 4.59. The van der Waals surface area contributed by atoms with Crippen LogP contribution in [0.4, 0.5) is 0 Å². The maximum absolute atomic E-state index is 12.9. The van der Waals surface area contributed by atoms with Gasteiger partial charge in [0, 0.05) is 14.1 Å². The summed E-state index contributed by atoms with van der Waals surface area (Å²) in [6.45, 7) is 2.49. The summed E-state index contributed by atoms with van der Waals surface area (Å²) < 4.78 is 4.35. The molecule has 11 heteroatoms. The molecular formula is C17H18N8O2S. The van der Waals surface area contributed by atoms with Crippen LogP contribution in [0.1, 0.15) is 17.0 Å². The summed E-state index contributed by atoms with van der Waals surface area (Å²) in [6.07, 6.45) is 0. The lowest BCUT2D eigenvalue weighted by Crippen LogP contribution is -2.37. The summed E-state index contributed by atoms with van der Waals surface area (Å²) >= 11 is 1.39. The van der Waals surface area contributed by atoms with Crippen LogP contribution in [0.3, 0.4) is 0 Å². The number of hydrogen-bond donors (Lipinski definition) is 1. The van der Waals surface area contributed by atoms with Crippen LogP contribution in [0.5, 0.6) is 0 Å². The number of nitrogens with one attached hydrogen (secondary N) is 1. The molecule has 1 N–H and O–H groups in total. The molecule has 0 saturated carbocycles. The van der Waals surface area contributed by atoms with Crippen molar-refractivity contribution in [1.82, 2.24) is 39.3 Å². The largest absolute Gasteiger partial charge is 0.332 e. The second-order valence-electron chi connectivity index (χ2n) is 6.40. The quantitative estimate of drug-likeness (QED) is 0.489. The fourth-order valence-corrected chi connectivity index (χ4v) is 3.86. The lowest BCUT2D eigenvalue weighted by molar-refractivity contribution is 0.695. The summed E-state index contributed by atoms with van der Waals surface area (Å²) in [5.74, 6) is 0.961. The first kappa shape index (κ1) is 18.2. The zero-order valence-electron chi connectivity index (χ0n) is 15.6.